The van der Waals surface area contributed by atoms with E-state index in [-0.39, 0.29) is 40.5 Å². The van der Waals surface area contributed by atoms with E-state index >= 15 is 0 Å². The second-order valence-electron chi connectivity index (χ2n) is 14.8. The summed E-state index contributed by atoms with van der Waals surface area (Å²) < 4.78 is 26.5. The molecule has 2 saturated heterocycles. The summed E-state index contributed by atoms with van der Waals surface area (Å²) in [5, 5.41) is 4.50. The Labute approximate surface area is 261 Å². The Bertz CT molecular complexity index is 1280. The van der Waals surface area contributed by atoms with Crippen molar-refractivity contribution in [3.63, 3.8) is 0 Å². The van der Waals surface area contributed by atoms with Crippen LogP contribution in [0.15, 0.2) is 91.0 Å². The van der Waals surface area contributed by atoms with Gasteiger partial charge in [0.2, 0.25) is 0 Å². The zero-order valence-electron chi connectivity index (χ0n) is 27.1. The summed E-state index contributed by atoms with van der Waals surface area (Å²) in [4.78, 5) is 0. The average molecular weight is 619 g/mol. The molecule has 1 saturated carbocycles. The Kier molecular flexibility index (Phi) is 8.33. The summed E-state index contributed by atoms with van der Waals surface area (Å²) in [6.45, 7) is 14.8. The molecule has 1 unspecified atom stereocenters. The van der Waals surface area contributed by atoms with Crippen LogP contribution in [-0.2, 0) is 18.6 Å². The fourth-order valence-electron chi connectivity index (χ4n) is 7.79. The number of methoxy groups -OCH3 is 1. The molecular formula is C37H51O4PSi. The molecule has 0 bridgehead atoms. The molecule has 2 heterocycles. The van der Waals surface area contributed by atoms with Crippen LogP contribution in [0.2, 0.25) is 18.1 Å². The summed E-state index contributed by atoms with van der Waals surface area (Å²) in [6.07, 6.45) is 4.25. The van der Waals surface area contributed by atoms with Crippen molar-refractivity contribution < 1.29 is 18.6 Å². The summed E-state index contributed by atoms with van der Waals surface area (Å²) >= 11 is 0. The zero-order valence-corrected chi connectivity index (χ0v) is 29.1. The van der Waals surface area contributed by atoms with Gasteiger partial charge in [0.05, 0.1) is 0 Å². The Morgan fingerprint density at radius 1 is 0.860 bits per heavy atom. The van der Waals surface area contributed by atoms with E-state index < -0.39 is 15.6 Å². The molecule has 43 heavy (non-hydrogen) atoms. The van der Waals surface area contributed by atoms with Gasteiger partial charge in [-0.05, 0) is 0 Å². The van der Waals surface area contributed by atoms with E-state index in [1.165, 1.54) is 15.9 Å². The van der Waals surface area contributed by atoms with Crippen molar-refractivity contribution in [2.45, 2.75) is 94.6 Å². The molecule has 2 aliphatic heterocycles. The van der Waals surface area contributed by atoms with E-state index in [4.69, 9.17) is 18.6 Å². The quantitative estimate of drug-likeness (QED) is 0.142. The van der Waals surface area contributed by atoms with Crippen molar-refractivity contribution in [3.05, 3.63) is 91.0 Å². The van der Waals surface area contributed by atoms with Crippen LogP contribution in [0, 0.1) is 5.92 Å². The summed E-state index contributed by atoms with van der Waals surface area (Å²) in [5.74, 6) is 0.153. The molecule has 0 N–H and O–H groups in total. The third-order valence-corrected chi connectivity index (χ3v) is 20.8. The Morgan fingerprint density at radius 3 is 1.77 bits per heavy atom. The van der Waals surface area contributed by atoms with E-state index in [1.807, 2.05) is 7.11 Å². The molecule has 1 aliphatic carbocycles. The Morgan fingerprint density at radius 2 is 1.35 bits per heavy atom. The minimum absolute atomic E-state index is 0.0419. The molecule has 232 valence electrons. The van der Waals surface area contributed by atoms with Crippen molar-refractivity contribution in [2.75, 3.05) is 19.9 Å². The number of benzene rings is 3. The molecule has 3 fully saturated rings. The van der Waals surface area contributed by atoms with E-state index in [2.05, 4.69) is 132 Å². The maximum absolute atomic E-state index is 7.05. The molecule has 0 amide bonds. The van der Waals surface area contributed by atoms with Gasteiger partial charge in [-0.1, -0.05) is 0 Å². The Balaban J connectivity index is 1.31. The second-order valence-corrected chi connectivity index (χ2v) is 23.6. The van der Waals surface area contributed by atoms with Crippen LogP contribution in [0.5, 0.6) is 0 Å². The topological polar surface area (TPSA) is 43.5 Å². The van der Waals surface area contributed by atoms with E-state index in [0.717, 1.165) is 32.0 Å². The third kappa shape index (κ3) is 5.60. The molecule has 0 aromatic heterocycles. The first-order chi connectivity index (χ1) is 20.5. The van der Waals surface area contributed by atoms with Gasteiger partial charge in [0.25, 0.3) is 0 Å². The second kappa shape index (κ2) is 11.5. The van der Waals surface area contributed by atoms with Crippen LogP contribution in [0.4, 0.5) is 0 Å². The van der Waals surface area contributed by atoms with Crippen molar-refractivity contribution in [1.82, 2.24) is 0 Å². The normalized spacial score (nSPS) is 31.1. The maximum atomic E-state index is 7.05. The molecule has 0 radical (unpaired) electrons. The minimum atomic E-state index is -2.33. The van der Waals surface area contributed by atoms with Gasteiger partial charge in [-0.3, -0.25) is 0 Å². The van der Waals surface area contributed by atoms with Gasteiger partial charge in [0, 0.05) is 0 Å². The predicted molar refractivity (Wildman–Crippen MR) is 184 cm³/mol. The van der Waals surface area contributed by atoms with Crippen LogP contribution < -0.4 is 15.9 Å². The van der Waals surface area contributed by atoms with Gasteiger partial charge in [-0.15, -0.1) is 0 Å². The first-order valence-corrected chi connectivity index (χ1v) is 21.3. The fourth-order valence-corrected chi connectivity index (χ4v) is 14.0. The van der Waals surface area contributed by atoms with E-state index in [9.17, 15) is 0 Å². The molecule has 3 aliphatic rings. The van der Waals surface area contributed by atoms with E-state index in [1.54, 1.807) is 0 Å². The van der Waals surface area contributed by atoms with Gasteiger partial charge in [-0.25, -0.2) is 0 Å². The number of hydrogen-bond donors (Lipinski definition) is 0. The zero-order chi connectivity index (χ0) is 30.5. The van der Waals surface area contributed by atoms with Crippen LogP contribution in [0.3, 0.4) is 0 Å². The molecule has 4 nitrogen and oxygen atoms in total. The van der Waals surface area contributed by atoms with Gasteiger partial charge in [-0.2, -0.15) is 0 Å². The first-order valence-electron chi connectivity index (χ1n) is 16.2. The molecule has 3 aromatic rings. The average Bonchev–Trinajstić information content (AvgIpc) is 3.92. The van der Waals surface area contributed by atoms with Crippen LogP contribution in [0.1, 0.15) is 47.0 Å². The van der Waals surface area contributed by atoms with Crippen molar-refractivity contribution in [2.24, 2.45) is 5.92 Å². The number of ether oxygens (including phenoxy) is 3. The molecule has 1 spiro atoms. The SMILES string of the molecule is CO[C@@H]1C(O[Si](C)(C)C(C)(C)C)CC[C@]2(CO2)[C@H]1[C@@]1(C)O[C@@H]1CC[PH](c1ccccc1)(c1ccccc1)c1ccccc1. The van der Waals surface area contributed by atoms with Gasteiger partial charge in [0.1, 0.15) is 0 Å². The monoisotopic (exact) mass is 618 g/mol. The molecular weight excluding hydrogens is 567 g/mol. The molecule has 3 aromatic carbocycles. The van der Waals surface area contributed by atoms with Crippen LogP contribution in [-0.4, -0.2) is 57.7 Å². The Hall–Kier alpha value is -1.85. The molecule has 6 rings (SSSR count). The van der Waals surface area contributed by atoms with Crippen LogP contribution in [0.25, 0.3) is 0 Å². The standard InChI is InChI=1S/C37H51O4PSi/c1-35(2,3)43(6,7)41-31-23-25-37(27-39-37)34(33(31)38-5)36(4)32(40-36)24-26-42(28-17-11-8-12-18-28,29-19-13-9-14-20-29)30-21-15-10-16-22-30/h8-22,31-34,42H,23-27H2,1-7H3/t31?,32-,33-,34-,36+,37+/m1/s1. The van der Waals surface area contributed by atoms with E-state index in [0.29, 0.717) is 0 Å². The predicted octanol–water partition coefficient (Wildman–Crippen LogP) is 6.84. The third-order valence-electron chi connectivity index (χ3n) is 11.3. The van der Waals surface area contributed by atoms with Crippen molar-refractivity contribution in [1.29, 1.82) is 0 Å². The number of hydrogen-bond acceptors (Lipinski definition) is 4. The van der Waals surface area contributed by atoms with Gasteiger partial charge >= 0.3 is 262 Å². The van der Waals surface area contributed by atoms with Gasteiger partial charge in [0.15, 0.2) is 0 Å². The van der Waals surface area contributed by atoms with Crippen LogP contribution >= 0.6 is 7.26 Å². The van der Waals surface area contributed by atoms with Crippen molar-refractivity contribution >= 4 is 31.5 Å². The first kappa shape index (κ1) is 31.1. The summed E-state index contributed by atoms with van der Waals surface area (Å²) in [6, 6.07) is 33.6. The van der Waals surface area contributed by atoms with Crippen molar-refractivity contribution in [3.8, 4) is 0 Å². The molecule has 6 heteroatoms. The summed E-state index contributed by atoms with van der Waals surface area (Å²) in [5.41, 5.74) is -0.443. The van der Waals surface area contributed by atoms with Gasteiger partial charge < -0.3 is 0 Å². The number of rotatable bonds is 10. The fraction of sp³-hybridized carbons (Fsp3) is 0.514. The molecule has 6 atom stereocenters. The number of epoxide rings is 2. The summed E-state index contributed by atoms with van der Waals surface area (Å²) in [7, 11) is -2.44.